The number of amides is 1. The zero-order valence-electron chi connectivity index (χ0n) is 23.6. The molecule has 1 aromatic carbocycles. The number of esters is 1. The number of carbonyl (C=O) groups excluding carboxylic acids is 2. The summed E-state index contributed by atoms with van der Waals surface area (Å²) in [7, 11) is 1.34. The molecular formula is C30H33ClFN5O3. The summed E-state index contributed by atoms with van der Waals surface area (Å²) in [5.74, 6) is -0.430. The monoisotopic (exact) mass is 565 g/mol. The first kappa shape index (κ1) is 27.8. The van der Waals surface area contributed by atoms with Crippen molar-refractivity contribution in [3.63, 3.8) is 0 Å². The molecule has 8 nitrogen and oxygen atoms in total. The van der Waals surface area contributed by atoms with Crippen molar-refractivity contribution in [1.29, 1.82) is 0 Å². The molecule has 0 N–H and O–H groups in total. The lowest BCUT2D eigenvalue weighted by atomic mass is 9.91. The van der Waals surface area contributed by atoms with Crippen LogP contribution in [-0.4, -0.2) is 65.6 Å². The summed E-state index contributed by atoms with van der Waals surface area (Å²) in [6.45, 7) is 12.1. The van der Waals surface area contributed by atoms with E-state index in [2.05, 4.69) is 23.7 Å². The van der Waals surface area contributed by atoms with Gasteiger partial charge >= 0.3 is 5.97 Å². The van der Waals surface area contributed by atoms with Gasteiger partial charge in [-0.25, -0.2) is 19.2 Å². The number of aromatic nitrogens is 2. The molecule has 2 aliphatic heterocycles. The van der Waals surface area contributed by atoms with Crippen LogP contribution in [0.25, 0.3) is 0 Å². The van der Waals surface area contributed by atoms with Crippen molar-refractivity contribution in [3.05, 3.63) is 75.9 Å². The third kappa shape index (κ3) is 4.87. The van der Waals surface area contributed by atoms with Crippen LogP contribution in [0.2, 0.25) is 5.02 Å². The maximum atomic E-state index is 14.2. The highest BCUT2D eigenvalue weighted by atomic mass is 35.5. The number of fused-ring (bicyclic) bond motifs is 1. The van der Waals surface area contributed by atoms with Crippen LogP contribution in [0.4, 0.5) is 21.6 Å². The Morgan fingerprint density at radius 1 is 1.00 bits per heavy atom. The van der Waals surface area contributed by atoms with Crippen LogP contribution in [0.15, 0.2) is 42.5 Å². The van der Waals surface area contributed by atoms with Crippen LogP contribution in [0, 0.1) is 12.7 Å². The molecule has 1 fully saturated rings. The molecule has 0 unspecified atom stereocenters. The van der Waals surface area contributed by atoms with Gasteiger partial charge in [-0.15, -0.1) is 0 Å². The van der Waals surface area contributed by atoms with Gasteiger partial charge in [-0.1, -0.05) is 31.5 Å². The van der Waals surface area contributed by atoms with Gasteiger partial charge < -0.3 is 19.4 Å². The summed E-state index contributed by atoms with van der Waals surface area (Å²) in [4.78, 5) is 41.3. The van der Waals surface area contributed by atoms with Gasteiger partial charge in [0, 0.05) is 37.3 Å². The first-order valence-electron chi connectivity index (χ1n) is 13.2. The van der Waals surface area contributed by atoms with Crippen LogP contribution in [-0.2, 0) is 10.2 Å². The highest BCUT2D eigenvalue weighted by Crippen LogP contribution is 2.44. The number of ether oxygens (including phenoxy) is 1. The van der Waals surface area contributed by atoms with Crippen LogP contribution in [0.3, 0.4) is 0 Å². The lowest BCUT2D eigenvalue weighted by molar-refractivity contribution is 0.0507. The van der Waals surface area contributed by atoms with Crippen molar-refractivity contribution in [1.82, 2.24) is 14.9 Å². The Morgan fingerprint density at radius 3 is 2.42 bits per heavy atom. The van der Waals surface area contributed by atoms with Crippen LogP contribution < -0.4 is 9.80 Å². The largest absolute Gasteiger partial charge is 0.464 e. The van der Waals surface area contributed by atoms with Gasteiger partial charge in [-0.2, -0.15) is 0 Å². The Bertz CT molecular complexity index is 1510. The van der Waals surface area contributed by atoms with Gasteiger partial charge in [0.15, 0.2) is 5.69 Å². The van der Waals surface area contributed by atoms with Crippen LogP contribution in [0.5, 0.6) is 0 Å². The van der Waals surface area contributed by atoms with Gasteiger partial charge in [0.2, 0.25) is 0 Å². The van der Waals surface area contributed by atoms with Crippen molar-refractivity contribution in [2.24, 2.45) is 0 Å². The number of hydrogen-bond donors (Lipinski definition) is 0. The number of methoxy groups -OCH3 is 1. The van der Waals surface area contributed by atoms with E-state index in [1.54, 1.807) is 18.2 Å². The number of pyridine rings is 2. The van der Waals surface area contributed by atoms with Crippen molar-refractivity contribution >= 4 is 40.7 Å². The molecule has 1 saturated heterocycles. The number of aryl methyl sites for hydroxylation is 1. The zero-order chi connectivity index (χ0) is 29.0. The SMILES string of the molecule is COC(=O)c1nc(N2CCN(C(=O)c3ccc4c(n3)C(C)(C)CN4c3ccc(Cl)c(F)c3)C(C)(C)C2)ccc1C. The number of anilines is 3. The fourth-order valence-corrected chi connectivity index (χ4v) is 5.71. The molecule has 0 spiro atoms. The molecule has 0 atom stereocenters. The lowest BCUT2D eigenvalue weighted by Gasteiger charge is -2.47. The molecule has 210 valence electrons. The van der Waals surface area contributed by atoms with Gasteiger partial charge in [0.1, 0.15) is 17.3 Å². The number of benzene rings is 1. The maximum Gasteiger partial charge on any atom is 0.357 e. The average molecular weight is 566 g/mol. The fourth-order valence-electron chi connectivity index (χ4n) is 5.59. The second-order valence-corrected chi connectivity index (χ2v) is 12.1. The van der Waals surface area contributed by atoms with E-state index in [1.165, 1.54) is 13.2 Å². The van der Waals surface area contributed by atoms with E-state index in [9.17, 15) is 14.0 Å². The maximum absolute atomic E-state index is 14.2. The number of piperazine rings is 1. The predicted octanol–water partition coefficient (Wildman–Crippen LogP) is 5.53. The Labute approximate surface area is 238 Å². The summed E-state index contributed by atoms with van der Waals surface area (Å²) in [5, 5.41) is 0.0753. The first-order valence-corrected chi connectivity index (χ1v) is 13.6. The smallest absolute Gasteiger partial charge is 0.357 e. The van der Waals surface area contributed by atoms with Crippen LogP contribution in [0.1, 0.15) is 59.9 Å². The highest BCUT2D eigenvalue weighted by Gasteiger charge is 2.41. The average Bonchev–Trinajstić information content (AvgIpc) is 3.19. The molecule has 10 heteroatoms. The lowest BCUT2D eigenvalue weighted by Crippen LogP contribution is -2.61. The highest BCUT2D eigenvalue weighted by molar-refractivity contribution is 6.30. The Kier molecular flexibility index (Phi) is 6.98. The minimum Gasteiger partial charge on any atom is -0.464 e. The molecule has 5 rings (SSSR count). The second kappa shape index (κ2) is 10.0. The molecular weight excluding hydrogens is 533 g/mol. The summed E-state index contributed by atoms with van der Waals surface area (Å²) >= 11 is 5.90. The summed E-state index contributed by atoms with van der Waals surface area (Å²) in [6, 6.07) is 12.1. The predicted molar refractivity (Wildman–Crippen MR) is 153 cm³/mol. The molecule has 2 aromatic heterocycles. The summed E-state index contributed by atoms with van der Waals surface area (Å²) in [5.41, 5.74) is 2.85. The number of hydrogen-bond acceptors (Lipinski definition) is 7. The molecule has 4 heterocycles. The van der Waals surface area contributed by atoms with E-state index in [1.807, 2.05) is 48.8 Å². The quantitative estimate of drug-likeness (QED) is 0.385. The first-order chi connectivity index (χ1) is 18.8. The molecule has 0 radical (unpaired) electrons. The molecule has 3 aromatic rings. The van der Waals surface area contributed by atoms with E-state index in [0.29, 0.717) is 43.4 Å². The van der Waals surface area contributed by atoms with Crippen molar-refractivity contribution in [3.8, 4) is 0 Å². The fraction of sp³-hybridized carbons (Fsp3) is 0.400. The number of nitrogens with zero attached hydrogens (tertiary/aromatic N) is 5. The zero-order valence-corrected chi connectivity index (χ0v) is 24.3. The van der Waals surface area contributed by atoms with Gasteiger partial charge in [-0.05, 0) is 62.7 Å². The normalized spacial score (nSPS) is 17.6. The van der Waals surface area contributed by atoms with Crippen molar-refractivity contribution in [2.75, 3.05) is 43.1 Å². The van der Waals surface area contributed by atoms with E-state index in [-0.39, 0.29) is 22.0 Å². The second-order valence-electron chi connectivity index (χ2n) is 11.6. The third-order valence-corrected chi connectivity index (χ3v) is 8.03. The van der Waals surface area contributed by atoms with Gasteiger partial charge in [0.25, 0.3) is 5.91 Å². The number of carbonyl (C=O) groups is 2. The number of halogens is 2. The molecule has 0 aliphatic carbocycles. The van der Waals surface area contributed by atoms with E-state index < -0.39 is 17.3 Å². The molecule has 1 amide bonds. The van der Waals surface area contributed by atoms with E-state index in [4.69, 9.17) is 21.3 Å². The minimum absolute atomic E-state index is 0.0753. The van der Waals surface area contributed by atoms with E-state index in [0.717, 1.165) is 16.9 Å². The molecule has 0 saturated carbocycles. The molecule has 2 aliphatic rings. The molecule has 0 bridgehead atoms. The number of rotatable bonds is 4. The Hall–Kier alpha value is -3.72. The topological polar surface area (TPSA) is 78.9 Å². The standard InChI is InChI=1S/C30H33ClFN5O3/c1-18-7-12-24(34-25(18)28(39)40-6)35-13-14-37(30(4,5)17-35)27(38)22-10-11-23-26(33-22)29(2,3)16-36(23)19-8-9-20(31)21(32)15-19/h7-12,15H,13-14,16-17H2,1-6H3. The van der Waals surface area contributed by atoms with Crippen molar-refractivity contribution in [2.45, 2.75) is 45.6 Å². The van der Waals surface area contributed by atoms with Gasteiger partial charge in [0.05, 0.1) is 29.1 Å². The van der Waals surface area contributed by atoms with Gasteiger partial charge in [-0.3, -0.25) is 4.79 Å². The van der Waals surface area contributed by atoms with Crippen molar-refractivity contribution < 1.29 is 18.7 Å². The minimum atomic E-state index is -0.531. The third-order valence-electron chi connectivity index (χ3n) is 7.73. The van der Waals surface area contributed by atoms with Crippen LogP contribution >= 0.6 is 11.6 Å². The Balaban J connectivity index is 1.39. The summed E-state index contributed by atoms with van der Waals surface area (Å²) < 4.78 is 19.1. The molecule has 40 heavy (non-hydrogen) atoms. The Morgan fingerprint density at radius 2 is 1.75 bits per heavy atom. The van der Waals surface area contributed by atoms with E-state index >= 15 is 0 Å². The summed E-state index contributed by atoms with van der Waals surface area (Å²) in [6.07, 6.45) is 0.